The number of methoxy groups -OCH3 is 1. The minimum atomic E-state index is 0.425. The van der Waals surface area contributed by atoms with Gasteiger partial charge in [0.1, 0.15) is 6.61 Å². The summed E-state index contributed by atoms with van der Waals surface area (Å²) >= 11 is 0. The minimum absolute atomic E-state index is 0.425. The molecule has 1 saturated heterocycles. The molecule has 0 spiro atoms. The zero-order valence-electron chi connectivity index (χ0n) is 9.74. The molecule has 0 aromatic carbocycles. The van der Waals surface area contributed by atoms with Crippen molar-refractivity contribution in [3.8, 4) is 0 Å². The molecule has 1 aromatic heterocycles. The minimum Gasteiger partial charge on any atom is -0.377 e. The van der Waals surface area contributed by atoms with Gasteiger partial charge in [0.25, 0.3) is 0 Å². The summed E-state index contributed by atoms with van der Waals surface area (Å²) < 4.78 is 10.1. The van der Waals surface area contributed by atoms with Crippen LogP contribution >= 0.6 is 0 Å². The third kappa shape index (κ3) is 3.28. The van der Waals surface area contributed by atoms with Crippen molar-refractivity contribution in [3.63, 3.8) is 0 Å². The third-order valence-electron chi connectivity index (χ3n) is 2.95. The van der Waals surface area contributed by atoms with E-state index in [9.17, 15) is 0 Å². The first kappa shape index (κ1) is 11.5. The van der Waals surface area contributed by atoms with Crippen molar-refractivity contribution in [2.24, 2.45) is 5.92 Å². The Balaban J connectivity index is 1.75. The standard InChI is InChI=1S/C11H19N3O2/c1-15-8-10-13-11(16-14-10)5-4-9-3-2-6-12-7-9/h9,12H,2-8H2,1H3. The summed E-state index contributed by atoms with van der Waals surface area (Å²) in [6, 6.07) is 0. The first-order valence-corrected chi connectivity index (χ1v) is 5.89. The lowest BCUT2D eigenvalue weighted by molar-refractivity contribution is 0.174. The first-order valence-electron chi connectivity index (χ1n) is 5.89. The lowest BCUT2D eigenvalue weighted by atomic mass is 9.95. The van der Waals surface area contributed by atoms with E-state index in [2.05, 4.69) is 15.5 Å². The number of aromatic nitrogens is 2. The van der Waals surface area contributed by atoms with E-state index in [1.165, 1.54) is 12.8 Å². The van der Waals surface area contributed by atoms with Gasteiger partial charge in [-0.2, -0.15) is 4.98 Å². The molecule has 0 bridgehead atoms. The average Bonchev–Trinajstić information content (AvgIpc) is 2.76. The van der Waals surface area contributed by atoms with Crippen molar-refractivity contribution in [2.75, 3.05) is 20.2 Å². The maximum Gasteiger partial charge on any atom is 0.226 e. The second-order valence-corrected chi connectivity index (χ2v) is 4.29. The molecule has 0 radical (unpaired) electrons. The van der Waals surface area contributed by atoms with Crippen molar-refractivity contribution in [1.82, 2.24) is 15.5 Å². The van der Waals surface area contributed by atoms with Crippen LogP contribution in [-0.2, 0) is 17.8 Å². The van der Waals surface area contributed by atoms with Gasteiger partial charge >= 0.3 is 0 Å². The summed E-state index contributed by atoms with van der Waals surface area (Å²) in [7, 11) is 1.63. The van der Waals surface area contributed by atoms with Gasteiger partial charge in [-0.05, 0) is 38.3 Å². The van der Waals surface area contributed by atoms with Gasteiger partial charge in [-0.15, -0.1) is 0 Å². The van der Waals surface area contributed by atoms with Gasteiger partial charge in [-0.25, -0.2) is 0 Å². The van der Waals surface area contributed by atoms with Crippen LogP contribution in [0.15, 0.2) is 4.52 Å². The molecular weight excluding hydrogens is 206 g/mol. The van der Waals surface area contributed by atoms with Crippen molar-refractivity contribution in [3.05, 3.63) is 11.7 Å². The second-order valence-electron chi connectivity index (χ2n) is 4.29. The van der Waals surface area contributed by atoms with Gasteiger partial charge in [-0.3, -0.25) is 0 Å². The summed E-state index contributed by atoms with van der Waals surface area (Å²) in [4.78, 5) is 4.26. The highest BCUT2D eigenvalue weighted by Crippen LogP contribution is 2.16. The molecule has 1 atom stereocenters. The summed E-state index contributed by atoms with van der Waals surface area (Å²) in [5.74, 6) is 2.13. The highest BCUT2D eigenvalue weighted by Gasteiger charge is 2.14. The van der Waals surface area contributed by atoms with E-state index in [-0.39, 0.29) is 0 Å². The number of ether oxygens (including phenoxy) is 1. The molecule has 0 aliphatic carbocycles. The van der Waals surface area contributed by atoms with Gasteiger partial charge in [0.05, 0.1) is 0 Å². The van der Waals surface area contributed by atoms with E-state index < -0.39 is 0 Å². The Bertz CT molecular complexity index is 308. The van der Waals surface area contributed by atoms with Gasteiger partial charge in [0.2, 0.25) is 5.89 Å². The van der Waals surface area contributed by atoms with Gasteiger partial charge in [-0.1, -0.05) is 5.16 Å². The zero-order chi connectivity index (χ0) is 11.2. The molecule has 1 N–H and O–H groups in total. The Labute approximate surface area is 95.6 Å². The number of rotatable bonds is 5. The fraction of sp³-hybridized carbons (Fsp3) is 0.818. The first-order chi connectivity index (χ1) is 7.88. The molecule has 1 aliphatic rings. The lowest BCUT2D eigenvalue weighted by Gasteiger charge is -2.21. The second kappa shape index (κ2) is 5.96. The van der Waals surface area contributed by atoms with Gasteiger partial charge in [0.15, 0.2) is 5.82 Å². The van der Waals surface area contributed by atoms with Crippen LogP contribution in [-0.4, -0.2) is 30.3 Å². The maximum atomic E-state index is 5.15. The van der Waals surface area contributed by atoms with E-state index >= 15 is 0 Å². The molecule has 2 rings (SSSR count). The smallest absolute Gasteiger partial charge is 0.226 e. The van der Waals surface area contributed by atoms with Crippen LogP contribution in [0, 0.1) is 5.92 Å². The number of hydrogen-bond donors (Lipinski definition) is 1. The number of nitrogens with zero attached hydrogens (tertiary/aromatic N) is 2. The number of hydrogen-bond acceptors (Lipinski definition) is 5. The molecule has 5 heteroatoms. The predicted molar refractivity (Wildman–Crippen MR) is 58.9 cm³/mol. The third-order valence-corrected chi connectivity index (χ3v) is 2.95. The fourth-order valence-corrected chi connectivity index (χ4v) is 2.08. The number of nitrogens with one attached hydrogen (secondary N) is 1. The van der Waals surface area contributed by atoms with Crippen LogP contribution in [0.2, 0.25) is 0 Å². The van der Waals surface area contributed by atoms with Crippen LogP contribution in [0.25, 0.3) is 0 Å². The van der Waals surface area contributed by atoms with Crippen molar-refractivity contribution >= 4 is 0 Å². The van der Waals surface area contributed by atoms with Crippen molar-refractivity contribution in [2.45, 2.75) is 32.3 Å². The fourth-order valence-electron chi connectivity index (χ4n) is 2.08. The molecule has 1 fully saturated rings. The molecule has 90 valence electrons. The summed E-state index contributed by atoms with van der Waals surface area (Å²) in [5.41, 5.74) is 0. The van der Waals surface area contributed by atoms with Crippen molar-refractivity contribution in [1.29, 1.82) is 0 Å². The van der Waals surface area contributed by atoms with Crippen LogP contribution < -0.4 is 5.32 Å². The Morgan fingerprint density at radius 3 is 3.25 bits per heavy atom. The number of piperidine rings is 1. The quantitative estimate of drug-likeness (QED) is 0.814. The molecule has 1 aromatic rings. The van der Waals surface area contributed by atoms with Gasteiger partial charge < -0.3 is 14.6 Å². The molecule has 0 saturated carbocycles. The zero-order valence-corrected chi connectivity index (χ0v) is 9.74. The van der Waals surface area contributed by atoms with E-state index in [0.717, 1.165) is 37.7 Å². The monoisotopic (exact) mass is 225 g/mol. The largest absolute Gasteiger partial charge is 0.377 e. The Morgan fingerprint density at radius 1 is 1.56 bits per heavy atom. The van der Waals surface area contributed by atoms with Crippen LogP contribution in [0.4, 0.5) is 0 Å². The molecular formula is C11H19N3O2. The molecule has 1 aliphatic heterocycles. The van der Waals surface area contributed by atoms with Crippen molar-refractivity contribution < 1.29 is 9.26 Å². The Kier molecular flexibility index (Phi) is 4.30. The molecule has 1 unspecified atom stereocenters. The van der Waals surface area contributed by atoms with E-state index in [1.807, 2.05) is 0 Å². The summed E-state index contributed by atoms with van der Waals surface area (Å²) in [5, 5.41) is 7.25. The van der Waals surface area contributed by atoms with Crippen LogP contribution in [0.3, 0.4) is 0 Å². The summed E-state index contributed by atoms with van der Waals surface area (Å²) in [6.45, 7) is 2.71. The number of aryl methyl sites for hydroxylation is 1. The van der Waals surface area contributed by atoms with E-state index in [1.54, 1.807) is 7.11 Å². The van der Waals surface area contributed by atoms with E-state index in [4.69, 9.17) is 9.26 Å². The highest BCUT2D eigenvalue weighted by molar-refractivity contribution is 4.85. The normalized spacial score (nSPS) is 21.2. The Hall–Kier alpha value is -0.940. The molecule has 16 heavy (non-hydrogen) atoms. The molecule has 0 amide bonds. The summed E-state index contributed by atoms with van der Waals surface area (Å²) in [6.07, 6.45) is 4.60. The van der Waals surface area contributed by atoms with Crippen LogP contribution in [0.5, 0.6) is 0 Å². The van der Waals surface area contributed by atoms with E-state index in [0.29, 0.717) is 12.4 Å². The van der Waals surface area contributed by atoms with Crippen LogP contribution in [0.1, 0.15) is 31.0 Å². The lowest BCUT2D eigenvalue weighted by Crippen LogP contribution is -2.29. The highest BCUT2D eigenvalue weighted by atomic mass is 16.5. The molecule has 2 heterocycles. The maximum absolute atomic E-state index is 5.15. The molecule has 5 nitrogen and oxygen atoms in total. The SMILES string of the molecule is COCc1noc(CCC2CCCNC2)n1. The Morgan fingerprint density at radius 2 is 2.50 bits per heavy atom. The topological polar surface area (TPSA) is 60.2 Å². The average molecular weight is 225 g/mol. The van der Waals surface area contributed by atoms with Gasteiger partial charge in [0, 0.05) is 13.5 Å². The predicted octanol–water partition coefficient (Wildman–Crippen LogP) is 1.15.